The van der Waals surface area contributed by atoms with Gasteiger partial charge in [0.05, 0.1) is 16.8 Å². The van der Waals surface area contributed by atoms with E-state index in [1.54, 1.807) is 0 Å². The van der Waals surface area contributed by atoms with Gasteiger partial charge in [0.1, 0.15) is 11.2 Å². The molecule has 0 aliphatic heterocycles. The highest BCUT2D eigenvalue weighted by atomic mass is 32.1. The Hall–Kier alpha value is -6.98. The minimum Gasteiger partial charge on any atom is -0.455 e. The Kier molecular flexibility index (Phi) is 7.62. The average molecular weight is 776 g/mol. The third-order valence-corrected chi connectivity index (χ3v) is 13.7. The van der Waals surface area contributed by atoms with E-state index in [9.17, 15) is 0 Å². The van der Waals surface area contributed by atoms with Crippen LogP contribution in [0.5, 0.6) is 0 Å². The fraction of sp³-hybridized carbons (Fsp3) is 0. The van der Waals surface area contributed by atoms with Crippen molar-refractivity contribution in [3.05, 3.63) is 200 Å². The molecular weight excluding hydrogens is 743 g/mol. The van der Waals surface area contributed by atoms with Gasteiger partial charge in [-0.05, 0) is 94.5 Å². The van der Waals surface area contributed by atoms with Gasteiger partial charge in [-0.2, -0.15) is 0 Å². The maximum absolute atomic E-state index is 7.07. The number of hydrogen-bond acceptors (Lipinski definition) is 4. The molecule has 3 aromatic heterocycles. The molecule has 0 spiro atoms. The second kappa shape index (κ2) is 13.3. The smallest absolute Gasteiger partial charge is 0.145 e. The predicted octanol–water partition coefficient (Wildman–Crippen LogP) is 16.8. The van der Waals surface area contributed by atoms with Crippen molar-refractivity contribution in [2.75, 3.05) is 4.90 Å². The van der Waals surface area contributed by atoms with Crippen LogP contribution >= 0.6 is 22.7 Å². The van der Waals surface area contributed by atoms with Crippen LogP contribution in [-0.2, 0) is 0 Å². The van der Waals surface area contributed by atoms with Crippen molar-refractivity contribution in [3.63, 3.8) is 0 Å². The van der Waals surface area contributed by atoms with Crippen molar-refractivity contribution in [2.24, 2.45) is 0 Å². The summed E-state index contributed by atoms with van der Waals surface area (Å²) in [6.45, 7) is 0. The van der Waals surface area contributed by atoms with E-state index >= 15 is 0 Å². The van der Waals surface area contributed by atoms with E-state index in [-0.39, 0.29) is 0 Å². The predicted molar refractivity (Wildman–Crippen MR) is 250 cm³/mol. The summed E-state index contributed by atoms with van der Waals surface area (Å²) in [5, 5.41) is 7.24. The van der Waals surface area contributed by atoms with Gasteiger partial charge >= 0.3 is 0 Å². The summed E-state index contributed by atoms with van der Waals surface area (Å²) in [6.07, 6.45) is 0. The van der Waals surface area contributed by atoms with Crippen LogP contribution in [0.4, 0.5) is 17.1 Å². The number of hydrogen-bond donors (Lipinski definition) is 0. The number of benzene rings is 9. The monoisotopic (exact) mass is 775 g/mol. The largest absolute Gasteiger partial charge is 0.455 e. The molecule has 0 saturated heterocycles. The first-order chi connectivity index (χ1) is 28.8. The van der Waals surface area contributed by atoms with Crippen molar-refractivity contribution in [1.29, 1.82) is 0 Å². The van der Waals surface area contributed by atoms with Crippen LogP contribution in [0.3, 0.4) is 0 Å². The van der Waals surface area contributed by atoms with Gasteiger partial charge in [0.2, 0.25) is 0 Å². The zero-order chi connectivity index (χ0) is 38.2. The van der Waals surface area contributed by atoms with E-state index in [0.717, 1.165) is 61.3 Å². The summed E-state index contributed by atoms with van der Waals surface area (Å²) < 4.78 is 12.2. The topological polar surface area (TPSA) is 16.4 Å². The molecule has 12 rings (SSSR count). The Morgan fingerprint density at radius 1 is 0.345 bits per heavy atom. The van der Waals surface area contributed by atoms with E-state index in [1.807, 2.05) is 22.7 Å². The fourth-order valence-electron chi connectivity index (χ4n) is 8.86. The molecule has 0 bridgehead atoms. The molecule has 0 amide bonds. The first-order valence-electron chi connectivity index (χ1n) is 19.6. The lowest BCUT2D eigenvalue weighted by Crippen LogP contribution is -2.11. The SMILES string of the molecule is c1ccc(-c2ccc3c(c2)oc2c(-c4ccccc4)ccc(N(c4ccc5sc6ccccc6c5c4)c4cccc5sc6cccc(-c7ccccc7)c6c45)c23)cc1. The minimum absolute atomic E-state index is 0.866. The standard InChI is InChI=1S/C54H33NOS2/c1-4-14-34(15-5-1)37-26-28-42-46(32-37)56-54-40(36-18-8-3-9-19-36)29-30-45(51(42)54)55(38-27-31-48-43(33-38)41-20-10-11-23-47(41)57-48)44-22-13-25-50-53(44)52-39(21-12-24-49(52)58-50)35-16-6-2-7-17-35/h1-33H. The van der Waals surface area contributed by atoms with Crippen LogP contribution in [0.15, 0.2) is 205 Å². The van der Waals surface area contributed by atoms with E-state index in [1.165, 1.54) is 51.5 Å². The molecule has 4 heteroatoms. The van der Waals surface area contributed by atoms with Crippen molar-refractivity contribution in [1.82, 2.24) is 0 Å². The van der Waals surface area contributed by atoms with Gasteiger partial charge in [-0.25, -0.2) is 0 Å². The Labute approximate surface area is 343 Å². The second-order valence-corrected chi connectivity index (χ2v) is 17.0. The average Bonchev–Trinajstić information content (AvgIpc) is 3.99. The molecule has 0 radical (unpaired) electrons. The molecule has 272 valence electrons. The lowest BCUT2D eigenvalue weighted by molar-refractivity contribution is 0.670. The summed E-state index contributed by atoms with van der Waals surface area (Å²) in [6, 6.07) is 72.5. The van der Waals surface area contributed by atoms with Crippen molar-refractivity contribution < 1.29 is 4.42 Å². The van der Waals surface area contributed by atoms with E-state index < -0.39 is 0 Å². The van der Waals surface area contributed by atoms with Crippen LogP contribution in [0.1, 0.15) is 0 Å². The molecule has 0 aliphatic carbocycles. The van der Waals surface area contributed by atoms with E-state index in [2.05, 4.69) is 205 Å². The summed E-state index contributed by atoms with van der Waals surface area (Å²) >= 11 is 3.71. The van der Waals surface area contributed by atoms with Crippen molar-refractivity contribution in [3.8, 4) is 33.4 Å². The van der Waals surface area contributed by atoms with Crippen molar-refractivity contribution >= 4 is 102 Å². The molecule has 3 heterocycles. The third-order valence-electron chi connectivity index (χ3n) is 11.5. The van der Waals surface area contributed by atoms with Gasteiger partial charge in [-0.3, -0.25) is 0 Å². The Morgan fingerprint density at radius 3 is 1.76 bits per heavy atom. The number of fused-ring (bicyclic) bond motifs is 9. The molecule has 0 N–H and O–H groups in total. The molecule has 0 aliphatic rings. The summed E-state index contributed by atoms with van der Waals surface area (Å²) in [7, 11) is 0. The van der Waals surface area contributed by atoms with Gasteiger partial charge < -0.3 is 9.32 Å². The normalized spacial score (nSPS) is 11.8. The first kappa shape index (κ1) is 33.2. The second-order valence-electron chi connectivity index (χ2n) is 14.8. The minimum atomic E-state index is 0.866. The van der Waals surface area contributed by atoms with E-state index in [0.29, 0.717) is 0 Å². The van der Waals surface area contributed by atoms with Gasteiger partial charge in [0.25, 0.3) is 0 Å². The molecule has 2 nitrogen and oxygen atoms in total. The highest BCUT2D eigenvalue weighted by molar-refractivity contribution is 7.26. The van der Waals surface area contributed by atoms with Crippen LogP contribution in [0.2, 0.25) is 0 Å². The summed E-state index contributed by atoms with van der Waals surface area (Å²) in [5.74, 6) is 0. The lowest BCUT2D eigenvalue weighted by Gasteiger charge is -2.28. The first-order valence-corrected chi connectivity index (χ1v) is 21.2. The summed E-state index contributed by atoms with van der Waals surface area (Å²) in [5.41, 5.74) is 12.0. The zero-order valence-corrected chi connectivity index (χ0v) is 32.9. The summed E-state index contributed by atoms with van der Waals surface area (Å²) in [4.78, 5) is 2.50. The van der Waals surface area contributed by atoms with Crippen molar-refractivity contribution in [2.45, 2.75) is 0 Å². The lowest BCUT2D eigenvalue weighted by atomic mass is 9.97. The molecule has 0 fully saturated rings. The van der Waals surface area contributed by atoms with Crippen LogP contribution < -0.4 is 4.90 Å². The fourth-order valence-corrected chi connectivity index (χ4v) is 11.1. The Balaban J connectivity index is 1.20. The number of thiophene rings is 2. The molecule has 12 aromatic rings. The third kappa shape index (κ3) is 5.23. The number of furan rings is 1. The number of anilines is 3. The Morgan fingerprint density at radius 2 is 0.966 bits per heavy atom. The van der Waals surface area contributed by atoms with Crippen LogP contribution in [0, 0.1) is 0 Å². The molecule has 9 aromatic carbocycles. The Bertz CT molecular complexity index is 3510. The zero-order valence-electron chi connectivity index (χ0n) is 31.2. The maximum atomic E-state index is 7.07. The van der Waals surface area contributed by atoms with Gasteiger partial charge in [0, 0.05) is 57.0 Å². The molecule has 0 atom stereocenters. The molecule has 0 saturated carbocycles. The molecule has 0 unspecified atom stereocenters. The van der Waals surface area contributed by atoms with Gasteiger partial charge in [-0.15, -0.1) is 22.7 Å². The number of nitrogens with zero attached hydrogens (tertiary/aromatic N) is 1. The van der Waals surface area contributed by atoms with Gasteiger partial charge in [0.15, 0.2) is 0 Å². The number of rotatable bonds is 6. The molecule has 58 heavy (non-hydrogen) atoms. The maximum Gasteiger partial charge on any atom is 0.145 e. The van der Waals surface area contributed by atoms with Crippen LogP contribution in [-0.4, -0.2) is 0 Å². The highest BCUT2D eigenvalue weighted by Gasteiger charge is 2.26. The van der Waals surface area contributed by atoms with Crippen LogP contribution in [0.25, 0.3) is 95.7 Å². The van der Waals surface area contributed by atoms with E-state index in [4.69, 9.17) is 4.42 Å². The quantitative estimate of drug-likeness (QED) is 0.167. The highest BCUT2D eigenvalue weighted by Crippen LogP contribution is 2.52. The van der Waals surface area contributed by atoms with Gasteiger partial charge in [-0.1, -0.05) is 133 Å². The molecular formula is C54H33NOS2.